The van der Waals surface area contributed by atoms with Gasteiger partial charge < -0.3 is 10.5 Å². The summed E-state index contributed by atoms with van der Waals surface area (Å²) in [5.41, 5.74) is 7.46. The van der Waals surface area contributed by atoms with E-state index in [2.05, 4.69) is 16.5 Å². The van der Waals surface area contributed by atoms with Crippen molar-refractivity contribution in [2.75, 3.05) is 25.5 Å². The first-order chi connectivity index (χ1) is 6.77. The molecule has 0 amide bonds. The molecule has 1 aliphatic heterocycles. The Morgan fingerprint density at radius 1 is 1.50 bits per heavy atom. The molecule has 1 aromatic heterocycles. The summed E-state index contributed by atoms with van der Waals surface area (Å²) in [5.74, 6) is 0.944. The molecular weight excluding hydrogens is 178 g/mol. The maximum Gasteiger partial charge on any atom is 0.323 e. The monoisotopic (exact) mass is 192 g/mol. The van der Waals surface area contributed by atoms with E-state index in [1.165, 1.54) is 5.71 Å². The summed E-state index contributed by atoms with van der Waals surface area (Å²) in [7, 11) is 0. The zero-order valence-corrected chi connectivity index (χ0v) is 8.23. The zero-order chi connectivity index (χ0) is 9.97. The third-order valence-electron chi connectivity index (χ3n) is 2.28. The quantitative estimate of drug-likeness (QED) is 0.669. The van der Waals surface area contributed by atoms with Crippen molar-refractivity contribution < 1.29 is 9.31 Å². The first-order valence-corrected chi connectivity index (χ1v) is 4.66. The summed E-state index contributed by atoms with van der Waals surface area (Å²) in [6.07, 6.45) is 1.68. The van der Waals surface area contributed by atoms with Crippen LogP contribution in [0.15, 0.2) is 18.3 Å². The van der Waals surface area contributed by atoms with Crippen LogP contribution in [-0.4, -0.2) is 35.0 Å². The Bertz CT molecular complexity index is 356. The number of anilines is 1. The normalized spacial score (nSPS) is 17.2. The lowest BCUT2D eigenvalue weighted by Gasteiger charge is -2.14. The molecular formula is C10H14N3O+. The van der Waals surface area contributed by atoms with Gasteiger partial charge in [0.1, 0.15) is 18.9 Å². The van der Waals surface area contributed by atoms with Gasteiger partial charge in [0, 0.05) is 6.07 Å². The lowest BCUT2D eigenvalue weighted by atomic mass is 10.3. The molecule has 0 saturated heterocycles. The van der Waals surface area contributed by atoms with Gasteiger partial charge in [-0.15, -0.1) is 0 Å². The number of hydrogen-bond donors (Lipinski definition) is 1. The van der Waals surface area contributed by atoms with Gasteiger partial charge in [0.05, 0.1) is 12.3 Å². The molecule has 0 aliphatic carbocycles. The van der Waals surface area contributed by atoms with Gasteiger partial charge in [-0.05, 0) is 18.0 Å². The number of aromatic nitrogens is 1. The van der Waals surface area contributed by atoms with Gasteiger partial charge in [0.15, 0.2) is 6.20 Å². The summed E-state index contributed by atoms with van der Waals surface area (Å²) in [6, 6.07) is 3.80. The predicted octanol–water partition coefficient (Wildman–Crippen LogP) is 0.799. The first kappa shape index (κ1) is 9.15. The van der Waals surface area contributed by atoms with E-state index in [4.69, 9.17) is 10.5 Å². The third-order valence-corrected chi connectivity index (χ3v) is 2.28. The maximum atomic E-state index is 5.58. The van der Waals surface area contributed by atoms with Crippen molar-refractivity contribution >= 4 is 17.2 Å². The van der Waals surface area contributed by atoms with Crippen molar-refractivity contribution in [2.45, 2.75) is 6.92 Å². The van der Waals surface area contributed by atoms with Crippen molar-refractivity contribution in [2.24, 2.45) is 0 Å². The molecule has 74 valence electrons. The minimum atomic E-state index is 0.687. The largest absolute Gasteiger partial charge is 0.396 e. The third kappa shape index (κ3) is 1.75. The smallest absolute Gasteiger partial charge is 0.323 e. The van der Waals surface area contributed by atoms with Gasteiger partial charge in [-0.1, -0.05) is 0 Å². The summed E-state index contributed by atoms with van der Waals surface area (Å²) in [4.78, 5) is 4.28. The highest BCUT2D eigenvalue weighted by Gasteiger charge is 2.17. The molecule has 2 rings (SSSR count). The van der Waals surface area contributed by atoms with Crippen LogP contribution in [0.3, 0.4) is 0 Å². The van der Waals surface area contributed by atoms with Crippen molar-refractivity contribution in [1.82, 2.24) is 4.98 Å². The fraction of sp³-hybridized carbons (Fsp3) is 0.400. The second-order valence-electron chi connectivity index (χ2n) is 3.39. The average molecular weight is 192 g/mol. The summed E-state index contributed by atoms with van der Waals surface area (Å²) in [6.45, 7) is 4.36. The highest BCUT2D eigenvalue weighted by molar-refractivity contribution is 5.79. The molecule has 0 saturated carbocycles. The minimum Gasteiger partial charge on any atom is -0.396 e. The van der Waals surface area contributed by atoms with Gasteiger partial charge >= 0.3 is 5.82 Å². The molecule has 1 aromatic rings. The first-order valence-electron chi connectivity index (χ1n) is 4.66. The minimum absolute atomic E-state index is 0.687. The molecule has 2 N–H and O–H groups in total. The lowest BCUT2D eigenvalue weighted by Crippen LogP contribution is -2.29. The number of pyridine rings is 1. The Labute approximate surface area is 83.0 Å². The van der Waals surface area contributed by atoms with Gasteiger partial charge in [0.25, 0.3) is 0 Å². The van der Waals surface area contributed by atoms with E-state index in [9.17, 15) is 0 Å². The van der Waals surface area contributed by atoms with Crippen LogP contribution in [0.1, 0.15) is 6.92 Å². The van der Waals surface area contributed by atoms with Crippen LogP contribution < -0.4 is 5.73 Å². The molecule has 4 nitrogen and oxygen atoms in total. The summed E-state index contributed by atoms with van der Waals surface area (Å²) in [5, 5.41) is 0. The van der Waals surface area contributed by atoms with Crippen LogP contribution in [0.2, 0.25) is 0 Å². The van der Waals surface area contributed by atoms with Crippen molar-refractivity contribution in [3.8, 4) is 0 Å². The van der Waals surface area contributed by atoms with Crippen LogP contribution >= 0.6 is 0 Å². The molecule has 0 radical (unpaired) electrons. The molecule has 0 fully saturated rings. The Morgan fingerprint density at radius 2 is 2.36 bits per heavy atom. The number of nitrogens with two attached hydrogens (primary N) is 1. The fourth-order valence-corrected chi connectivity index (χ4v) is 1.51. The van der Waals surface area contributed by atoms with Crippen molar-refractivity contribution in [3.63, 3.8) is 0 Å². The molecule has 0 atom stereocenters. The lowest BCUT2D eigenvalue weighted by molar-refractivity contribution is -0.460. The van der Waals surface area contributed by atoms with E-state index in [1.54, 1.807) is 6.20 Å². The summed E-state index contributed by atoms with van der Waals surface area (Å²) < 4.78 is 7.48. The number of ether oxygens (including phenoxy) is 1. The topological polar surface area (TPSA) is 51.2 Å². The van der Waals surface area contributed by atoms with E-state index >= 15 is 0 Å². The van der Waals surface area contributed by atoms with Gasteiger partial charge in [0.2, 0.25) is 0 Å². The molecule has 0 spiro atoms. The number of hydrogen-bond acceptors (Lipinski definition) is 3. The van der Waals surface area contributed by atoms with Crippen LogP contribution in [-0.2, 0) is 4.74 Å². The van der Waals surface area contributed by atoms with Crippen LogP contribution in [0.4, 0.5) is 11.5 Å². The standard InChI is InChI=1S/C10H14N3O/c1-8-7-14-5-4-13(8)10-3-2-9(11)6-12-10/h2-3,6H,4-5,7,11H2,1H3/q+1. The average Bonchev–Trinajstić information content (AvgIpc) is 2.20. The van der Waals surface area contributed by atoms with Crippen LogP contribution in [0, 0.1) is 0 Å². The molecule has 0 aromatic carbocycles. The number of nitrogen functional groups attached to an aromatic ring is 1. The van der Waals surface area contributed by atoms with E-state index in [-0.39, 0.29) is 0 Å². The Kier molecular flexibility index (Phi) is 2.45. The number of rotatable bonds is 1. The highest BCUT2D eigenvalue weighted by Crippen LogP contribution is 2.11. The van der Waals surface area contributed by atoms with Crippen molar-refractivity contribution in [1.29, 1.82) is 0 Å². The van der Waals surface area contributed by atoms with Crippen LogP contribution in [0.25, 0.3) is 0 Å². The van der Waals surface area contributed by atoms with E-state index < -0.39 is 0 Å². The van der Waals surface area contributed by atoms with E-state index in [1.807, 2.05) is 12.1 Å². The van der Waals surface area contributed by atoms with Gasteiger partial charge in [-0.25, -0.2) is 4.58 Å². The molecule has 1 aliphatic rings. The maximum absolute atomic E-state index is 5.58. The Morgan fingerprint density at radius 3 is 3.00 bits per heavy atom. The zero-order valence-electron chi connectivity index (χ0n) is 8.23. The molecule has 0 unspecified atom stereocenters. The Hall–Kier alpha value is -1.42. The number of nitrogens with zero attached hydrogens (tertiary/aromatic N) is 2. The second-order valence-corrected chi connectivity index (χ2v) is 3.39. The van der Waals surface area contributed by atoms with Gasteiger partial charge in [-0.2, -0.15) is 0 Å². The molecule has 14 heavy (non-hydrogen) atoms. The van der Waals surface area contributed by atoms with Crippen molar-refractivity contribution in [3.05, 3.63) is 18.3 Å². The Balaban J connectivity index is 2.34. The van der Waals surface area contributed by atoms with Gasteiger partial charge in [-0.3, -0.25) is 0 Å². The fourth-order valence-electron chi connectivity index (χ4n) is 1.51. The summed E-state index contributed by atoms with van der Waals surface area (Å²) >= 11 is 0. The molecule has 2 heterocycles. The van der Waals surface area contributed by atoms with E-state index in [0.29, 0.717) is 12.3 Å². The predicted molar refractivity (Wildman–Crippen MR) is 54.9 cm³/mol. The van der Waals surface area contributed by atoms with E-state index in [0.717, 1.165) is 19.0 Å². The highest BCUT2D eigenvalue weighted by atomic mass is 16.5. The second kappa shape index (κ2) is 3.75. The molecule has 0 bridgehead atoms. The SMILES string of the molecule is CC1=[N+](c2ccc(N)cn2)CCOC1. The van der Waals surface area contributed by atoms with Crippen LogP contribution in [0.5, 0.6) is 0 Å². The molecule has 4 heteroatoms.